The van der Waals surface area contributed by atoms with Crippen LogP contribution in [0.15, 0.2) is 5.38 Å². The van der Waals surface area contributed by atoms with Gasteiger partial charge in [-0.2, -0.15) is 0 Å². The highest BCUT2D eigenvalue weighted by molar-refractivity contribution is 7.11. The minimum atomic E-state index is -0.151. The van der Waals surface area contributed by atoms with Gasteiger partial charge in [0.1, 0.15) is 5.78 Å². The van der Waals surface area contributed by atoms with E-state index in [2.05, 4.69) is 4.98 Å². The molecule has 0 spiro atoms. The predicted octanol–water partition coefficient (Wildman–Crippen LogP) is 2.39. The van der Waals surface area contributed by atoms with Crippen LogP contribution in [0, 0.1) is 6.92 Å². The molecule has 0 fully saturated rings. The fraction of sp³-hybridized carbons (Fsp3) is 0.500. The van der Waals surface area contributed by atoms with E-state index in [1.165, 1.54) is 11.3 Å². The number of carbonyl (C=O) groups excluding carboxylic acids is 2. The van der Waals surface area contributed by atoms with Crippen molar-refractivity contribution in [3.8, 4) is 0 Å². The van der Waals surface area contributed by atoms with Crippen LogP contribution in [0.1, 0.15) is 41.7 Å². The molecule has 0 aliphatic carbocycles. The van der Waals surface area contributed by atoms with Crippen LogP contribution in [0.25, 0.3) is 0 Å². The molecule has 0 aliphatic rings. The molecular weight excluding hydrogens is 198 g/mol. The second kappa shape index (κ2) is 5.00. The number of ketones is 2. The van der Waals surface area contributed by atoms with Crippen LogP contribution < -0.4 is 0 Å². The summed E-state index contributed by atoms with van der Waals surface area (Å²) in [5.41, 5.74) is 0.835. The molecule has 0 amide bonds. The fourth-order valence-electron chi connectivity index (χ4n) is 1.10. The maximum absolute atomic E-state index is 11.5. The quantitative estimate of drug-likeness (QED) is 0.555. The predicted molar refractivity (Wildman–Crippen MR) is 55.7 cm³/mol. The average molecular weight is 211 g/mol. The lowest BCUT2D eigenvalue weighted by Gasteiger charge is -1.95. The van der Waals surface area contributed by atoms with E-state index in [0.717, 1.165) is 12.1 Å². The van der Waals surface area contributed by atoms with Crippen molar-refractivity contribution in [3.05, 3.63) is 16.1 Å². The summed E-state index contributed by atoms with van der Waals surface area (Å²) in [5.74, 6) is -0.146. The van der Waals surface area contributed by atoms with Gasteiger partial charge in [-0.1, -0.05) is 6.92 Å². The minimum Gasteiger partial charge on any atom is -0.299 e. The lowest BCUT2D eigenvalue weighted by molar-refractivity contribution is -0.118. The van der Waals surface area contributed by atoms with Crippen molar-refractivity contribution in [3.63, 3.8) is 0 Å². The van der Waals surface area contributed by atoms with E-state index in [0.29, 0.717) is 11.4 Å². The highest BCUT2D eigenvalue weighted by Crippen LogP contribution is 2.11. The van der Waals surface area contributed by atoms with Gasteiger partial charge in [0.25, 0.3) is 0 Å². The molecule has 1 aromatic rings. The zero-order valence-electron chi connectivity index (χ0n) is 8.37. The Hall–Kier alpha value is -1.03. The number of Topliss-reactive ketones (excluding diaryl/α,β-unsaturated/α-hetero) is 2. The number of thiazole rings is 1. The molecule has 14 heavy (non-hydrogen) atoms. The van der Waals surface area contributed by atoms with Crippen molar-refractivity contribution in [2.75, 3.05) is 0 Å². The largest absolute Gasteiger partial charge is 0.299 e. The van der Waals surface area contributed by atoms with Crippen LogP contribution in [-0.2, 0) is 4.79 Å². The van der Waals surface area contributed by atoms with Crippen molar-refractivity contribution in [1.82, 2.24) is 4.98 Å². The lowest BCUT2D eigenvalue weighted by Crippen LogP contribution is -2.07. The summed E-state index contributed by atoms with van der Waals surface area (Å²) >= 11 is 1.30. The molecule has 0 saturated heterocycles. The summed E-state index contributed by atoms with van der Waals surface area (Å²) in [6.45, 7) is 3.76. The van der Waals surface area contributed by atoms with E-state index >= 15 is 0 Å². The molecule has 1 aromatic heterocycles. The topological polar surface area (TPSA) is 47.0 Å². The first-order valence-corrected chi connectivity index (χ1v) is 5.48. The highest BCUT2D eigenvalue weighted by Gasteiger charge is 2.13. The SMILES string of the molecule is CCCC(=O)CC(=O)c1nc(C)cs1. The number of hydrogen-bond donors (Lipinski definition) is 0. The van der Waals surface area contributed by atoms with Gasteiger partial charge in [0.2, 0.25) is 0 Å². The number of aromatic nitrogens is 1. The number of rotatable bonds is 5. The second-order valence-corrected chi connectivity index (χ2v) is 4.04. The average Bonchev–Trinajstić information content (AvgIpc) is 2.52. The molecule has 0 aromatic carbocycles. The second-order valence-electron chi connectivity index (χ2n) is 3.18. The van der Waals surface area contributed by atoms with E-state index in [-0.39, 0.29) is 18.0 Å². The van der Waals surface area contributed by atoms with Gasteiger partial charge in [0.05, 0.1) is 6.42 Å². The fourth-order valence-corrected chi connectivity index (χ4v) is 1.84. The van der Waals surface area contributed by atoms with E-state index in [1.54, 1.807) is 0 Å². The molecule has 0 N–H and O–H groups in total. The number of nitrogens with zero attached hydrogens (tertiary/aromatic N) is 1. The van der Waals surface area contributed by atoms with Crippen LogP contribution in [0.3, 0.4) is 0 Å². The molecule has 0 aliphatic heterocycles. The zero-order valence-corrected chi connectivity index (χ0v) is 9.19. The monoisotopic (exact) mass is 211 g/mol. The number of carbonyl (C=O) groups is 2. The molecule has 1 rings (SSSR count). The third kappa shape index (κ3) is 3.03. The van der Waals surface area contributed by atoms with E-state index < -0.39 is 0 Å². The Bertz CT molecular complexity index is 344. The first-order valence-electron chi connectivity index (χ1n) is 4.60. The first kappa shape index (κ1) is 11.0. The maximum Gasteiger partial charge on any atom is 0.198 e. The van der Waals surface area contributed by atoms with Gasteiger partial charge in [-0.3, -0.25) is 9.59 Å². The first-order chi connectivity index (χ1) is 6.63. The Kier molecular flexibility index (Phi) is 3.95. The molecule has 3 nitrogen and oxygen atoms in total. The molecule has 76 valence electrons. The van der Waals surface area contributed by atoms with Crippen molar-refractivity contribution in [2.24, 2.45) is 0 Å². The van der Waals surface area contributed by atoms with Gasteiger partial charge in [0, 0.05) is 17.5 Å². The van der Waals surface area contributed by atoms with Gasteiger partial charge in [0.15, 0.2) is 10.8 Å². The van der Waals surface area contributed by atoms with Gasteiger partial charge < -0.3 is 0 Å². The van der Waals surface area contributed by atoms with Crippen molar-refractivity contribution in [1.29, 1.82) is 0 Å². The standard InChI is InChI=1S/C10H13NO2S/c1-3-4-8(12)5-9(13)10-11-7(2)6-14-10/h6H,3-5H2,1-2H3. The summed E-state index contributed by atoms with van der Waals surface area (Å²) in [7, 11) is 0. The van der Waals surface area contributed by atoms with Gasteiger partial charge in [-0.05, 0) is 13.3 Å². The van der Waals surface area contributed by atoms with Crippen LogP contribution in [0.4, 0.5) is 0 Å². The number of aryl methyl sites for hydroxylation is 1. The molecule has 0 atom stereocenters. The Labute approximate surface area is 87.2 Å². The third-order valence-corrected chi connectivity index (χ3v) is 2.75. The Morgan fingerprint density at radius 1 is 1.50 bits per heavy atom. The summed E-state index contributed by atoms with van der Waals surface area (Å²) in [6.07, 6.45) is 1.28. The lowest BCUT2D eigenvalue weighted by atomic mass is 10.1. The van der Waals surface area contributed by atoms with Crippen LogP contribution in [0.5, 0.6) is 0 Å². The van der Waals surface area contributed by atoms with E-state index in [9.17, 15) is 9.59 Å². The molecule has 0 unspecified atom stereocenters. The Balaban J connectivity index is 2.55. The Morgan fingerprint density at radius 3 is 2.71 bits per heavy atom. The van der Waals surface area contributed by atoms with Gasteiger partial charge in [-0.25, -0.2) is 4.98 Å². The molecule has 4 heteroatoms. The van der Waals surface area contributed by atoms with Gasteiger partial charge in [-0.15, -0.1) is 11.3 Å². The third-order valence-electron chi connectivity index (χ3n) is 1.74. The van der Waals surface area contributed by atoms with E-state index in [4.69, 9.17) is 0 Å². The molecule has 1 heterocycles. The molecule has 0 bridgehead atoms. The molecule has 0 radical (unpaired) electrons. The van der Waals surface area contributed by atoms with Crippen molar-refractivity contribution < 1.29 is 9.59 Å². The molecule has 0 saturated carbocycles. The zero-order chi connectivity index (χ0) is 10.6. The van der Waals surface area contributed by atoms with E-state index in [1.807, 2.05) is 19.2 Å². The normalized spacial score (nSPS) is 10.1. The van der Waals surface area contributed by atoms with Gasteiger partial charge >= 0.3 is 0 Å². The van der Waals surface area contributed by atoms with Crippen LogP contribution >= 0.6 is 11.3 Å². The van der Waals surface area contributed by atoms with Crippen molar-refractivity contribution in [2.45, 2.75) is 33.1 Å². The van der Waals surface area contributed by atoms with Crippen molar-refractivity contribution >= 4 is 22.9 Å². The molecular formula is C10H13NO2S. The maximum atomic E-state index is 11.5. The summed E-state index contributed by atoms with van der Waals surface area (Å²) in [5, 5.41) is 2.27. The van der Waals surface area contributed by atoms with Crippen LogP contribution in [0.2, 0.25) is 0 Å². The summed E-state index contributed by atoms with van der Waals surface area (Å²) in [6, 6.07) is 0. The minimum absolute atomic E-state index is 0.000787. The summed E-state index contributed by atoms with van der Waals surface area (Å²) in [4.78, 5) is 26.7. The smallest absolute Gasteiger partial charge is 0.198 e. The number of hydrogen-bond acceptors (Lipinski definition) is 4. The van der Waals surface area contributed by atoms with Crippen LogP contribution in [-0.4, -0.2) is 16.6 Å². The summed E-state index contributed by atoms with van der Waals surface area (Å²) < 4.78 is 0. The Morgan fingerprint density at radius 2 is 2.21 bits per heavy atom. The highest BCUT2D eigenvalue weighted by atomic mass is 32.1.